The predicted octanol–water partition coefficient (Wildman–Crippen LogP) is 2.87. The highest BCUT2D eigenvalue weighted by Crippen LogP contribution is 2.23. The summed E-state index contributed by atoms with van der Waals surface area (Å²) in [5.41, 5.74) is 5.06. The highest BCUT2D eigenvalue weighted by atomic mass is 16.5. The van der Waals surface area contributed by atoms with Gasteiger partial charge in [-0.2, -0.15) is 5.10 Å². The summed E-state index contributed by atoms with van der Waals surface area (Å²) in [4.78, 5) is 22.2. The fourth-order valence-electron chi connectivity index (χ4n) is 4.12. The average Bonchev–Trinajstić information content (AvgIpc) is 3.41. The first-order valence-corrected chi connectivity index (χ1v) is 10.9. The van der Waals surface area contributed by atoms with Crippen LogP contribution in [0.5, 0.6) is 0 Å². The number of ether oxygens (including phenoxy) is 1. The molecule has 0 aliphatic carbocycles. The predicted molar refractivity (Wildman–Crippen MR) is 121 cm³/mol. The Bertz CT molecular complexity index is 1250. The Morgan fingerprint density at radius 1 is 1.12 bits per heavy atom. The van der Waals surface area contributed by atoms with E-state index in [1.807, 2.05) is 61.5 Å². The van der Waals surface area contributed by atoms with E-state index < -0.39 is 0 Å². The molecule has 1 fully saturated rings. The summed E-state index contributed by atoms with van der Waals surface area (Å²) in [6.07, 6.45) is 8.08. The van der Waals surface area contributed by atoms with Gasteiger partial charge in [0, 0.05) is 57.3 Å². The van der Waals surface area contributed by atoms with Gasteiger partial charge in [-0.25, -0.2) is 4.98 Å². The maximum Gasteiger partial charge on any atom is 0.270 e. The summed E-state index contributed by atoms with van der Waals surface area (Å²) in [7, 11) is 3.84. The van der Waals surface area contributed by atoms with Crippen LogP contribution in [0, 0.1) is 0 Å². The van der Waals surface area contributed by atoms with Gasteiger partial charge < -0.3 is 14.6 Å². The minimum atomic E-state index is -0.134. The highest BCUT2D eigenvalue weighted by Gasteiger charge is 2.20. The second kappa shape index (κ2) is 8.55. The number of carbonyl (C=O) groups is 1. The molecular weight excluding hydrogens is 404 g/mol. The Kier molecular flexibility index (Phi) is 5.45. The van der Waals surface area contributed by atoms with Crippen molar-refractivity contribution in [2.75, 3.05) is 13.2 Å². The van der Waals surface area contributed by atoms with Crippen LogP contribution in [0.2, 0.25) is 0 Å². The smallest absolute Gasteiger partial charge is 0.270 e. The summed E-state index contributed by atoms with van der Waals surface area (Å²) in [5, 5.41) is 8.57. The third-order valence-electron chi connectivity index (χ3n) is 5.91. The Labute approximate surface area is 186 Å². The van der Waals surface area contributed by atoms with Gasteiger partial charge in [0.25, 0.3) is 5.91 Å². The van der Waals surface area contributed by atoms with Crippen LogP contribution in [-0.2, 0) is 25.3 Å². The number of rotatable bonds is 5. The zero-order chi connectivity index (χ0) is 22.1. The lowest BCUT2D eigenvalue weighted by Crippen LogP contribution is -2.39. The molecule has 4 aromatic rings. The Balaban J connectivity index is 1.42. The molecule has 0 spiro atoms. The van der Waals surface area contributed by atoms with Gasteiger partial charge in [-0.15, -0.1) is 0 Å². The molecule has 32 heavy (non-hydrogen) atoms. The van der Waals surface area contributed by atoms with Crippen LogP contribution >= 0.6 is 0 Å². The van der Waals surface area contributed by atoms with Crippen molar-refractivity contribution in [3.8, 4) is 11.4 Å². The van der Waals surface area contributed by atoms with E-state index >= 15 is 0 Å². The van der Waals surface area contributed by atoms with Gasteiger partial charge in [0.1, 0.15) is 17.0 Å². The van der Waals surface area contributed by atoms with E-state index in [1.165, 1.54) is 0 Å². The lowest BCUT2D eigenvalue weighted by Gasteiger charge is -2.23. The van der Waals surface area contributed by atoms with Crippen LogP contribution in [0.15, 0.2) is 48.9 Å². The monoisotopic (exact) mass is 430 g/mol. The molecule has 1 aliphatic rings. The molecule has 0 radical (unpaired) electrons. The molecule has 8 nitrogen and oxygen atoms in total. The number of nitrogens with one attached hydrogen (secondary N) is 1. The number of hydrogen-bond acceptors (Lipinski definition) is 5. The van der Waals surface area contributed by atoms with Crippen molar-refractivity contribution >= 4 is 16.9 Å². The van der Waals surface area contributed by atoms with E-state index in [0.717, 1.165) is 46.4 Å². The van der Waals surface area contributed by atoms with E-state index in [-0.39, 0.29) is 11.9 Å². The molecule has 0 aromatic carbocycles. The first kappa shape index (κ1) is 20.4. The molecule has 4 aromatic heterocycles. The molecule has 0 bridgehead atoms. The zero-order valence-corrected chi connectivity index (χ0v) is 18.3. The van der Waals surface area contributed by atoms with Crippen molar-refractivity contribution in [3.63, 3.8) is 0 Å². The van der Waals surface area contributed by atoms with E-state index in [1.54, 1.807) is 4.68 Å². The van der Waals surface area contributed by atoms with Crippen molar-refractivity contribution in [1.82, 2.24) is 29.6 Å². The summed E-state index contributed by atoms with van der Waals surface area (Å²) >= 11 is 0. The Hall–Kier alpha value is -3.52. The van der Waals surface area contributed by atoms with Crippen LogP contribution in [0.25, 0.3) is 22.4 Å². The molecule has 164 valence electrons. The second-order valence-electron chi connectivity index (χ2n) is 8.29. The zero-order valence-electron chi connectivity index (χ0n) is 18.3. The lowest BCUT2D eigenvalue weighted by atomic mass is 10.0. The number of carbonyl (C=O) groups excluding carboxylic acids is 1. The quantitative estimate of drug-likeness (QED) is 0.526. The minimum Gasteiger partial charge on any atom is -0.381 e. The van der Waals surface area contributed by atoms with E-state index in [0.29, 0.717) is 25.3 Å². The van der Waals surface area contributed by atoms with E-state index in [9.17, 15) is 4.79 Å². The number of hydrogen-bond donors (Lipinski definition) is 1. The van der Waals surface area contributed by atoms with Crippen LogP contribution in [0.3, 0.4) is 0 Å². The molecule has 1 saturated heterocycles. The number of amides is 1. The topological polar surface area (TPSA) is 86.9 Å². The number of nitrogens with zero attached hydrogens (tertiary/aromatic N) is 5. The molecule has 0 unspecified atom stereocenters. The van der Waals surface area contributed by atoms with Gasteiger partial charge in [0.05, 0.1) is 5.69 Å². The van der Waals surface area contributed by atoms with Crippen molar-refractivity contribution < 1.29 is 9.53 Å². The van der Waals surface area contributed by atoms with Crippen molar-refractivity contribution in [1.29, 1.82) is 0 Å². The molecule has 0 saturated carbocycles. The molecule has 0 atom stereocenters. The fourth-order valence-corrected chi connectivity index (χ4v) is 4.12. The average molecular weight is 431 g/mol. The maximum absolute atomic E-state index is 13.0. The van der Waals surface area contributed by atoms with Gasteiger partial charge in [-0.3, -0.25) is 14.5 Å². The third kappa shape index (κ3) is 4.13. The molecule has 5 rings (SSSR count). The number of aryl methyl sites for hydroxylation is 2. The number of pyridine rings is 2. The van der Waals surface area contributed by atoms with Crippen LogP contribution < -0.4 is 5.32 Å². The maximum atomic E-state index is 13.0. The van der Waals surface area contributed by atoms with E-state index in [4.69, 9.17) is 4.74 Å². The third-order valence-corrected chi connectivity index (χ3v) is 5.91. The number of fused-ring (bicyclic) bond motifs is 1. The minimum absolute atomic E-state index is 0.133. The van der Waals surface area contributed by atoms with Gasteiger partial charge >= 0.3 is 0 Å². The van der Waals surface area contributed by atoms with E-state index in [2.05, 4.69) is 26.4 Å². The standard InChI is InChI=1S/C24H26N6O2/c1-29-9-5-19-17(13-16-3-4-20(25-15-16)21-6-10-30(2)28-21)14-22(27-23(19)29)24(31)26-18-7-11-32-12-8-18/h3-6,9-10,14-15,18H,7-8,11-13H2,1-2H3,(H,26,31). The molecular formula is C24H26N6O2. The first-order valence-electron chi connectivity index (χ1n) is 10.9. The molecule has 5 heterocycles. The summed E-state index contributed by atoms with van der Waals surface area (Å²) in [6, 6.07) is 10.1. The lowest BCUT2D eigenvalue weighted by molar-refractivity contribution is 0.0694. The van der Waals surface area contributed by atoms with Crippen LogP contribution in [-0.4, -0.2) is 49.5 Å². The number of aromatic nitrogens is 5. The molecule has 1 N–H and O–H groups in total. The normalized spacial score (nSPS) is 14.7. The first-order chi connectivity index (χ1) is 15.6. The SMILES string of the molecule is Cn1ccc(-c2ccc(Cc3cc(C(=O)NC4CCOCC4)nc4c3ccn4C)cn2)n1. The second-order valence-corrected chi connectivity index (χ2v) is 8.29. The summed E-state index contributed by atoms with van der Waals surface area (Å²) in [5.74, 6) is -0.134. The van der Waals surface area contributed by atoms with Crippen LogP contribution in [0.1, 0.15) is 34.5 Å². The molecule has 1 aliphatic heterocycles. The Morgan fingerprint density at radius 2 is 1.97 bits per heavy atom. The highest BCUT2D eigenvalue weighted by molar-refractivity contribution is 5.95. The molecule has 1 amide bonds. The largest absolute Gasteiger partial charge is 0.381 e. The van der Waals surface area contributed by atoms with Gasteiger partial charge in [0.2, 0.25) is 0 Å². The fraction of sp³-hybridized carbons (Fsp3) is 0.333. The van der Waals surface area contributed by atoms with Crippen molar-refractivity contribution in [2.24, 2.45) is 14.1 Å². The summed E-state index contributed by atoms with van der Waals surface area (Å²) < 4.78 is 9.11. The summed E-state index contributed by atoms with van der Waals surface area (Å²) in [6.45, 7) is 1.37. The Morgan fingerprint density at radius 3 is 2.69 bits per heavy atom. The van der Waals surface area contributed by atoms with Gasteiger partial charge in [-0.05, 0) is 54.7 Å². The van der Waals surface area contributed by atoms with Gasteiger partial charge in [-0.1, -0.05) is 6.07 Å². The van der Waals surface area contributed by atoms with Crippen LogP contribution in [0.4, 0.5) is 0 Å². The van der Waals surface area contributed by atoms with Crippen molar-refractivity contribution in [3.05, 3.63) is 65.7 Å². The van der Waals surface area contributed by atoms with Crippen molar-refractivity contribution in [2.45, 2.75) is 25.3 Å². The molecule has 8 heteroatoms. The van der Waals surface area contributed by atoms with Gasteiger partial charge in [0.15, 0.2) is 0 Å².